The summed E-state index contributed by atoms with van der Waals surface area (Å²) in [4.78, 5) is 7.93. The van der Waals surface area contributed by atoms with Crippen LogP contribution < -0.4 is 10.6 Å². The first-order valence-electron chi connectivity index (χ1n) is 6.06. The third-order valence-electron chi connectivity index (χ3n) is 2.82. The monoisotopic (exact) mass is 261 g/mol. The van der Waals surface area contributed by atoms with Gasteiger partial charge in [-0.15, -0.1) is 11.3 Å². The Kier molecular flexibility index (Phi) is 3.99. The van der Waals surface area contributed by atoms with E-state index in [1.807, 2.05) is 19.9 Å². The highest BCUT2D eigenvalue weighted by Gasteiger charge is 2.13. The Bertz CT molecular complexity index is 505. The van der Waals surface area contributed by atoms with Crippen molar-refractivity contribution in [1.82, 2.24) is 4.98 Å². The molecule has 2 aromatic rings. The van der Waals surface area contributed by atoms with Gasteiger partial charge >= 0.3 is 0 Å². The lowest BCUT2D eigenvalue weighted by Gasteiger charge is -2.15. The molecule has 1 aromatic heterocycles. The van der Waals surface area contributed by atoms with Crippen molar-refractivity contribution in [3.05, 3.63) is 46.5 Å². The number of hydrogen-bond donors (Lipinski definition) is 1. The molecule has 0 saturated carbocycles. The third kappa shape index (κ3) is 2.89. The fourth-order valence-corrected chi connectivity index (χ4v) is 2.88. The Morgan fingerprint density at radius 2 is 2.00 bits per heavy atom. The summed E-state index contributed by atoms with van der Waals surface area (Å²) in [6, 6.07) is 10.5. The van der Waals surface area contributed by atoms with Gasteiger partial charge in [0.15, 0.2) is 5.13 Å². The van der Waals surface area contributed by atoms with Crippen LogP contribution in [0.5, 0.6) is 0 Å². The summed E-state index contributed by atoms with van der Waals surface area (Å²) >= 11 is 1.68. The minimum Gasteiger partial charge on any atom is -0.347 e. The van der Waals surface area contributed by atoms with Crippen LogP contribution >= 0.6 is 11.3 Å². The van der Waals surface area contributed by atoms with Crippen LogP contribution in [0.2, 0.25) is 0 Å². The Hall–Kier alpha value is -1.39. The van der Waals surface area contributed by atoms with Crippen LogP contribution in [0.1, 0.15) is 29.1 Å². The molecule has 2 N–H and O–H groups in total. The number of thiazole rings is 1. The smallest absolute Gasteiger partial charge is 0.185 e. The first-order valence-corrected chi connectivity index (χ1v) is 6.87. The summed E-state index contributed by atoms with van der Waals surface area (Å²) in [5, 5.41) is 1.03. The molecule has 0 radical (unpaired) electrons. The highest BCUT2D eigenvalue weighted by atomic mass is 32.1. The highest BCUT2D eigenvalue weighted by molar-refractivity contribution is 7.15. The summed E-state index contributed by atoms with van der Waals surface area (Å²) in [6.45, 7) is 4.89. The predicted molar refractivity (Wildman–Crippen MR) is 78.0 cm³/mol. The van der Waals surface area contributed by atoms with Gasteiger partial charge < -0.3 is 10.6 Å². The molecular weight excluding hydrogens is 242 g/mol. The molecular formula is C14H19N3S. The standard InChI is InChI=1S/C14H19N3S/c1-10(15)13-11(2)16-14(18-13)17(3)9-12-7-5-4-6-8-12/h4-8,10H,9,15H2,1-3H3. The number of anilines is 1. The second kappa shape index (κ2) is 5.50. The van der Waals surface area contributed by atoms with Crippen LogP contribution in [0.4, 0.5) is 5.13 Å². The lowest BCUT2D eigenvalue weighted by Crippen LogP contribution is -2.15. The van der Waals surface area contributed by atoms with Crippen LogP contribution in [0.3, 0.4) is 0 Å². The number of aryl methyl sites for hydroxylation is 1. The van der Waals surface area contributed by atoms with Gasteiger partial charge in [0.1, 0.15) is 0 Å². The second-order valence-electron chi connectivity index (χ2n) is 4.58. The Morgan fingerprint density at radius 3 is 2.56 bits per heavy atom. The van der Waals surface area contributed by atoms with Crippen LogP contribution in [-0.4, -0.2) is 12.0 Å². The van der Waals surface area contributed by atoms with Crippen molar-refractivity contribution in [2.45, 2.75) is 26.4 Å². The molecule has 0 spiro atoms. The summed E-state index contributed by atoms with van der Waals surface area (Å²) in [5.74, 6) is 0. The summed E-state index contributed by atoms with van der Waals surface area (Å²) in [5.41, 5.74) is 8.27. The van der Waals surface area contributed by atoms with Crippen molar-refractivity contribution in [1.29, 1.82) is 0 Å². The average Bonchev–Trinajstić information content (AvgIpc) is 2.73. The van der Waals surface area contributed by atoms with Crippen LogP contribution in [0, 0.1) is 6.92 Å². The van der Waals surface area contributed by atoms with Crippen LogP contribution in [0.15, 0.2) is 30.3 Å². The summed E-state index contributed by atoms with van der Waals surface area (Å²) in [7, 11) is 2.07. The SMILES string of the molecule is Cc1nc(N(C)Cc2ccccc2)sc1C(C)N. The molecule has 0 saturated heterocycles. The normalized spacial score (nSPS) is 12.4. The Balaban J connectivity index is 2.14. The Labute approximate surface area is 112 Å². The fraction of sp³-hybridized carbons (Fsp3) is 0.357. The second-order valence-corrected chi connectivity index (χ2v) is 5.59. The third-order valence-corrected chi connectivity index (χ3v) is 4.30. The zero-order chi connectivity index (χ0) is 13.1. The Morgan fingerprint density at radius 1 is 1.33 bits per heavy atom. The van der Waals surface area contributed by atoms with Gasteiger partial charge in [-0.2, -0.15) is 0 Å². The van der Waals surface area contributed by atoms with E-state index in [9.17, 15) is 0 Å². The molecule has 1 heterocycles. The van der Waals surface area contributed by atoms with Crippen molar-refractivity contribution in [3.63, 3.8) is 0 Å². The summed E-state index contributed by atoms with van der Waals surface area (Å²) < 4.78 is 0. The molecule has 96 valence electrons. The van der Waals surface area contributed by atoms with E-state index in [1.165, 1.54) is 10.4 Å². The van der Waals surface area contributed by atoms with E-state index in [0.29, 0.717) is 0 Å². The minimum atomic E-state index is 0.0568. The van der Waals surface area contributed by atoms with Gasteiger partial charge in [0, 0.05) is 24.5 Å². The topological polar surface area (TPSA) is 42.2 Å². The van der Waals surface area contributed by atoms with Crippen molar-refractivity contribution in [3.8, 4) is 0 Å². The molecule has 2 rings (SSSR count). The molecule has 1 aromatic carbocycles. The molecule has 0 aliphatic heterocycles. The van der Waals surface area contributed by atoms with Gasteiger partial charge in [0.2, 0.25) is 0 Å². The number of rotatable bonds is 4. The van der Waals surface area contributed by atoms with E-state index in [0.717, 1.165) is 17.4 Å². The largest absolute Gasteiger partial charge is 0.347 e. The average molecular weight is 261 g/mol. The quantitative estimate of drug-likeness (QED) is 0.919. The van der Waals surface area contributed by atoms with Crippen molar-refractivity contribution in [2.24, 2.45) is 5.73 Å². The van der Waals surface area contributed by atoms with E-state index in [2.05, 4.69) is 41.2 Å². The number of benzene rings is 1. The zero-order valence-corrected chi connectivity index (χ0v) is 11.9. The van der Waals surface area contributed by atoms with E-state index < -0.39 is 0 Å². The van der Waals surface area contributed by atoms with E-state index in [1.54, 1.807) is 11.3 Å². The summed E-state index contributed by atoms with van der Waals surface area (Å²) in [6.07, 6.45) is 0. The highest BCUT2D eigenvalue weighted by Crippen LogP contribution is 2.29. The predicted octanol–water partition coefficient (Wildman–Crippen LogP) is 3.11. The number of nitrogens with two attached hydrogens (primary N) is 1. The van der Waals surface area contributed by atoms with Crippen LogP contribution in [0.25, 0.3) is 0 Å². The number of hydrogen-bond acceptors (Lipinski definition) is 4. The maximum Gasteiger partial charge on any atom is 0.185 e. The fourth-order valence-electron chi connectivity index (χ4n) is 1.90. The lowest BCUT2D eigenvalue weighted by atomic mass is 10.2. The molecule has 0 bridgehead atoms. The van der Waals surface area contributed by atoms with Gasteiger partial charge in [-0.3, -0.25) is 0 Å². The first kappa shape index (κ1) is 13.1. The van der Waals surface area contributed by atoms with Crippen molar-refractivity contribution >= 4 is 16.5 Å². The zero-order valence-electron chi connectivity index (χ0n) is 11.1. The molecule has 1 unspecified atom stereocenters. The molecule has 18 heavy (non-hydrogen) atoms. The molecule has 0 amide bonds. The molecule has 4 heteroatoms. The van der Waals surface area contributed by atoms with Gasteiger partial charge in [-0.1, -0.05) is 30.3 Å². The van der Waals surface area contributed by atoms with Crippen molar-refractivity contribution < 1.29 is 0 Å². The first-order chi connectivity index (χ1) is 8.58. The maximum absolute atomic E-state index is 5.93. The molecule has 1 atom stereocenters. The molecule has 0 aliphatic carbocycles. The number of aromatic nitrogens is 1. The van der Waals surface area contributed by atoms with E-state index in [4.69, 9.17) is 5.73 Å². The van der Waals surface area contributed by atoms with Crippen LogP contribution in [-0.2, 0) is 6.54 Å². The molecule has 3 nitrogen and oxygen atoms in total. The maximum atomic E-state index is 5.93. The molecule has 0 fully saturated rings. The minimum absolute atomic E-state index is 0.0568. The van der Waals surface area contributed by atoms with Gasteiger partial charge in [0.05, 0.1) is 5.69 Å². The van der Waals surface area contributed by atoms with Gasteiger partial charge in [-0.25, -0.2) is 4.98 Å². The number of nitrogens with zero attached hydrogens (tertiary/aromatic N) is 2. The lowest BCUT2D eigenvalue weighted by molar-refractivity contribution is 0.824. The van der Waals surface area contributed by atoms with E-state index in [-0.39, 0.29) is 6.04 Å². The molecule has 0 aliphatic rings. The van der Waals surface area contributed by atoms with Crippen molar-refractivity contribution in [2.75, 3.05) is 11.9 Å². The van der Waals surface area contributed by atoms with Gasteiger partial charge in [-0.05, 0) is 19.4 Å². The van der Waals surface area contributed by atoms with Gasteiger partial charge in [0.25, 0.3) is 0 Å². The van der Waals surface area contributed by atoms with E-state index >= 15 is 0 Å².